The monoisotopic (exact) mass is 910 g/mol. The lowest BCUT2D eigenvalue weighted by molar-refractivity contribution is -0.247. The van der Waals surface area contributed by atoms with Gasteiger partial charge in [-0.2, -0.15) is 0 Å². The summed E-state index contributed by atoms with van der Waals surface area (Å²) in [4.78, 5) is 110. The van der Waals surface area contributed by atoms with Crippen molar-refractivity contribution in [2.45, 2.75) is 87.4 Å². The summed E-state index contributed by atoms with van der Waals surface area (Å²) in [5, 5.41) is 5.47. The Kier molecular flexibility index (Phi) is 14.9. The molecule has 66 heavy (non-hydrogen) atoms. The van der Waals surface area contributed by atoms with Gasteiger partial charge in [0, 0.05) is 31.5 Å². The standard InChI is InChI=1S/C46H46N4O16/c1-25-14-13-21-29(38(52)47-25)48-39(53)31-24-30(61-41(54)26-15-7-4-8-16-26)33(64-42(55)27-17-9-5-10-18-27)45(62-31)66-37(44(57)60-3)35-34(59-2)36(65-43(56)28-19-11-6-12-20-28)40(63-35)50-23-22-32(51)49-46(50)58/h4-12,15-20,22-25,29-30,33-37,40,45H,13-14,21H2,1-3H3,(H,47,52)(H,48,53)(H,49,51,58). The van der Waals surface area contributed by atoms with E-state index in [4.69, 9.17) is 37.9 Å². The van der Waals surface area contributed by atoms with E-state index in [1.807, 2.05) is 6.92 Å². The molecule has 4 heterocycles. The fraction of sp³-hybridized carbons (Fsp3) is 0.348. The summed E-state index contributed by atoms with van der Waals surface area (Å²) in [6.07, 6.45) is -10.1. The Balaban J connectivity index is 1.29. The van der Waals surface area contributed by atoms with Gasteiger partial charge in [-0.15, -0.1) is 0 Å². The summed E-state index contributed by atoms with van der Waals surface area (Å²) < 4.78 is 48.5. The minimum Gasteiger partial charge on any atom is -0.467 e. The van der Waals surface area contributed by atoms with Crippen molar-refractivity contribution < 1.29 is 66.7 Å². The Morgan fingerprint density at radius 1 is 0.742 bits per heavy atom. The van der Waals surface area contributed by atoms with Crippen LogP contribution in [-0.2, 0) is 52.3 Å². The van der Waals surface area contributed by atoms with Gasteiger partial charge in [0.2, 0.25) is 18.3 Å². The van der Waals surface area contributed by atoms with Crippen molar-refractivity contribution in [2.24, 2.45) is 0 Å². The largest absolute Gasteiger partial charge is 0.467 e. The van der Waals surface area contributed by atoms with Crippen LogP contribution in [0.3, 0.4) is 0 Å². The molecule has 0 aliphatic carbocycles. The fourth-order valence-corrected chi connectivity index (χ4v) is 7.61. The Labute approximate surface area is 376 Å². The molecule has 2 fully saturated rings. The van der Waals surface area contributed by atoms with Crippen molar-refractivity contribution >= 4 is 35.7 Å². The summed E-state index contributed by atoms with van der Waals surface area (Å²) in [6.45, 7) is 1.83. The lowest BCUT2D eigenvalue weighted by Gasteiger charge is -2.38. The predicted octanol–water partition coefficient (Wildman–Crippen LogP) is 2.10. The summed E-state index contributed by atoms with van der Waals surface area (Å²) in [5.74, 6) is -5.90. The third kappa shape index (κ3) is 10.7. The van der Waals surface area contributed by atoms with E-state index in [9.17, 15) is 38.4 Å². The van der Waals surface area contributed by atoms with Crippen LogP contribution in [0, 0.1) is 0 Å². The number of ether oxygens (including phenoxy) is 8. The number of methoxy groups -OCH3 is 2. The van der Waals surface area contributed by atoms with Gasteiger partial charge in [0.05, 0.1) is 23.8 Å². The van der Waals surface area contributed by atoms with E-state index >= 15 is 0 Å². The molecule has 10 unspecified atom stereocenters. The second-order valence-corrected chi connectivity index (χ2v) is 15.4. The van der Waals surface area contributed by atoms with E-state index in [-0.39, 0.29) is 29.2 Å². The van der Waals surface area contributed by atoms with Gasteiger partial charge in [-0.05, 0) is 62.6 Å². The Hall–Kier alpha value is -7.42. The highest BCUT2D eigenvalue weighted by molar-refractivity contribution is 5.96. The molecule has 20 nitrogen and oxygen atoms in total. The summed E-state index contributed by atoms with van der Waals surface area (Å²) in [5.41, 5.74) is -1.51. The lowest BCUT2D eigenvalue weighted by atomic mass is 10.0. The number of nitrogens with one attached hydrogen (secondary N) is 3. The second-order valence-electron chi connectivity index (χ2n) is 15.4. The molecule has 4 aromatic rings. The highest BCUT2D eigenvalue weighted by Gasteiger charge is 2.56. The molecule has 2 amide bonds. The molecule has 0 spiro atoms. The van der Waals surface area contributed by atoms with E-state index in [1.54, 1.807) is 54.6 Å². The van der Waals surface area contributed by atoms with E-state index in [0.29, 0.717) is 12.8 Å². The number of hydrogen-bond donors (Lipinski definition) is 3. The van der Waals surface area contributed by atoms with Crippen LogP contribution in [-0.4, -0.2) is 114 Å². The average molecular weight is 911 g/mol. The van der Waals surface area contributed by atoms with E-state index < -0.39 is 108 Å². The molecule has 20 heteroatoms. The number of hydrogen-bond acceptors (Lipinski definition) is 16. The molecule has 3 aliphatic heterocycles. The maximum absolute atomic E-state index is 14.1. The van der Waals surface area contributed by atoms with Crippen LogP contribution in [0.15, 0.2) is 125 Å². The van der Waals surface area contributed by atoms with Gasteiger partial charge in [-0.25, -0.2) is 24.0 Å². The van der Waals surface area contributed by atoms with E-state index in [1.165, 1.54) is 43.5 Å². The molecule has 7 rings (SSSR count). The van der Waals surface area contributed by atoms with Crippen LogP contribution in [0.1, 0.15) is 63.5 Å². The summed E-state index contributed by atoms with van der Waals surface area (Å²) in [6, 6.07) is 23.1. The first-order chi connectivity index (χ1) is 31.8. The number of H-pyrrole nitrogens is 1. The number of aromatic amines is 1. The molecule has 3 N–H and O–H groups in total. The van der Waals surface area contributed by atoms with Crippen molar-refractivity contribution in [2.75, 3.05) is 14.2 Å². The number of carbonyl (C=O) groups excluding carboxylic acids is 6. The molecule has 0 saturated carbocycles. The Bertz CT molecular complexity index is 2550. The van der Waals surface area contributed by atoms with Gasteiger partial charge < -0.3 is 48.5 Å². The van der Waals surface area contributed by atoms with Gasteiger partial charge in [0.1, 0.15) is 18.2 Å². The van der Waals surface area contributed by atoms with Crippen molar-refractivity contribution in [1.29, 1.82) is 0 Å². The van der Waals surface area contributed by atoms with Crippen LogP contribution in [0.4, 0.5) is 0 Å². The van der Waals surface area contributed by atoms with Gasteiger partial charge in [-0.1, -0.05) is 54.6 Å². The maximum atomic E-state index is 14.1. The second kappa shape index (κ2) is 21.0. The number of aromatic nitrogens is 2. The normalized spacial score (nSPS) is 25.3. The number of esters is 4. The third-order valence-electron chi connectivity index (χ3n) is 10.9. The molecule has 3 aromatic carbocycles. The van der Waals surface area contributed by atoms with Crippen molar-refractivity contribution in [1.82, 2.24) is 20.2 Å². The zero-order valence-corrected chi connectivity index (χ0v) is 35.8. The third-order valence-corrected chi connectivity index (χ3v) is 10.9. The maximum Gasteiger partial charge on any atom is 0.338 e. The first-order valence-corrected chi connectivity index (χ1v) is 20.9. The zero-order valence-electron chi connectivity index (χ0n) is 35.8. The fourth-order valence-electron chi connectivity index (χ4n) is 7.61. The molecule has 0 bridgehead atoms. The molecular weight excluding hydrogens is 865 g/mol. The Morgan fingerprint density at radius 3 is 1.88 bits per heavy atom. The van der Waals surface area contributed by atoms with Crippen molar-refractivity contribution in [3.8, 4) is 0 Å². The minimum absolute atomic E-state index is 0.0471. The van der Waals surface area contributed by atoms with Gasteiger partial charge >= 0.3 is 29.6 Å². The minimum atomic E-state index is -2.04. The molecule has 1 aromatic heterocycles. The molecule has 346 valence electrons. The van der Waals surface area contributed by atoms with Crippen molar-refractivity contribution in [3.63, 3.8) is 0 Å². The number of amides is 2. The predicted molar refractivity (Wildman–Crippen MR) is 226 cm³/mol. The van der Waals surface area contributed by atoms with Crippen LogP contribution in [0.25, 0.3) is 0 Å². The van der Waals surface area contributed by atoms with Crippen molar-refractivity contribution in [3.05, 3.63) is 153 Å². The highest BCUT2D eigenvalue weighted by atomic mass is 16.7. The van der Waals surface area contributed by atoms with Crippen LogP contribution < -0.4 is 21.9 Å². The van der Waals surface area contributed by atoms with E-state index in [2.05, 4.69) is 15.6 Å². The smallest absolute Gasteiger partial charge is 0.338 e. The van der Waals surface area contributed by atoms with Crippen LogP contribution in [0.2, 0.25) is 0 Å². The molecular formula is C46H46N4O16. The lowest BCUT2D eigenvalue weighted by Crippen LogP contribution is -2.55. The number of rotatable bonds is 14. The van der Waals surface area contributed by atoms with E-state index in [0.717, 1.165) is 30.0 Å². The number of benzene rings is 3. The quantitative estimate of drug-likeness (QED) is 0.121. The number of carbonyl (C=O) groups is 6. The highest BCUT2D eigenvalue weighted by Crippen LogP contribution is 2.38. The summed E-state index contributed by atoms with van der Waals surface area (Å²) >= 11 is 0. The first kappa shape index (κ1) is 46.6. The summed E-state index contributed by atoms with van der Waals surface area (Å²) in [7, 11) is 2.22. The van der Waals surface area contributed by atoms with Gasteiger partial charge in [-0.3, -0.25) is 23.9 Å². The topological polar surface area (TPSA) is 255 Å². The molecule has 2 saturated heterocycles. The molecule has 3 aliphatic rings. The first-order valence-electron chi connectivity index (χ1n) is 20.9. The molecule has 0 radical (unpaired) electrons. The Morgan fingerprint density at radius 2 is 1.32 bits per heavy atom. The SMILES string of the molecule is COC(=O)C(OC1OC(C(=O)NC2CCCC(C)NC2=O)=CC(OC(=O)c2ccccc2)C1OC(=O)c1ccccc1)C1OC(n2ccc(=O)[nH]c2=O)C(OC(=O)c2ccccc2)C1OC. The van der Waals surface area contributed by atoms with Crippen LogP contribution >= 0.6 is 0 Å². The average Bonchev–Trinajstić information content (AvgIpc) is 3.59. The number of nitrogens with zero attached hydrogens (tertiary/aromatic N) is 1. The van der Waals surface area contributed by atoms with Gasteiger partial charge in [0.15, 0.2) is 30.3 Å². The zero-order chi connectivity index (χ0) is 46.9. The molecule has 10 atom stereocenters. The van der Waals surface area contributed by atoms with Gasteiger partial charge in [0.25, 0.3) is 11.5 Å². The van der Waals surface area contributed by atoms with Crippen LogP contribution in [0.5, 0.6) is 0 Å².